The number of ether oxygens (including phenoxy) is 1. The first-order chi connectivity index (χ1) is 20.9. The van der Waals surface area contributed by atoms with Crippen LogP contribution in [0.4, 0.5) is 32.0 Å². The molecule has 234 valence electrons. The largest absolute Gasteiger partial charge is 0.417 e. The number of nitriles is 1. The summed E-state index contributed by atoms with van der Waals surface area (Å²) in [5, 5.41) is 12.5. The van der Waals surface area contributed by atoms with Crippen LogP contribution >= 0.6 is 0 Å². The minimum absolute atomic E-state index is 0.0397. The molecular weight excluding hydrogens is 588 g/mol. The van der Waals surface area contributed by atoms with Crippen LogP contribution in [0.3, 0.4) is 0 Å². The van der Waals surface area contributed by atoms with Crippen LogP contribution in [0.25, 0.3) is 10.9 Å². The van der Waals surface area contributed by atoms with Crippen LogP contribution in [0, 0.1) is 11.3 Å². The number of alkyl halides is 6. The van der Waals surface area contributed by atoms with E-state index in [4.69, 9.17) is 10.00 Å². The van der Waals surface area contributed by atoms with Gasteiger partial charge in [0.2, 0.25) is 5.91 Å². The second kappa shape index (κ2) is 13.0. The fraction of sp³-hybridized carbons (Fsp3) is 0.452. The van der Waals surface area contributed by atoms with Crippen molar-refractivity contribution in [2.24, 2.45) is 0 Å². The molecule has 1 saturated carbocycles. The predicted molar refractivity (Wildman–Crippen MR) is 150 cm³/mol. The average molecular weight is 620 g/mol. The van der Waals surface area contributed by atoms with Gasteiger partial charge in [0.15, 0.2) is 0 Å². The van der Waals surface area contributed by atoms with Gasteiger partial charge in [-0.05, 0) is 68.1 Å². The van der Waals surface area contributed by atoms with Gasteiger partial charge >= 0.3 is 12.4 Å². The normalized spacial score (nSPS) is 20.0. The molecule has 7 nitrogen and oxygen atoms in total. The summed E-state index contributed by atoms with van der Waals surface area (Å²) in [6.07, 6.45) is -6.46. The molecule has 1 amide bonds. The van der Waals surface area contributed by atoms with Gasteiger partial charge in [0, 0.05) is 49.8 Å². The molecule has 0 atom stereocenters. The van der Waals surface area contributed by atoms with E-state index in [1.54, 1.807) is 23.1 Å². The maximum absolute atomic E-state index is 13.3. The molecule has 2 fully saturated rings. The summed E-state index contributed by atoms with van der Waals surface area (Å²) in [6, 6.07) is 12.0. The summed E-state index contributed by atoms with van der Waals surface area (Å²) in [4.78, 5) is 21.2. The van der Waals surface area contributed by atoms with Gasteiger partial charge < -0.3 is 15.0 Å². The number of carbonyl (C=O) groups excluding carboxylic acids is 1. The zero-order valence-electron chi connectivity index (χ0n) is 23.7. The molecule has 0 radical (unpaired) electrons. The molecular formula is C31H31F6N5O2. The number of nitrogens with one attached hydrogen (secondary N) is 1. The second-order valence-corrected chi connectivity index (χ2v) is 11.2. The molecule has 13 heteroatoms. The van der Waals surface area contributed by atoms with E-state index in [1.807, 2.05) is 0 Å². The number of fused-ring (bicyclic) bond motifs is 1. The van der Waals surface area contributed by atoms with Crippen molar-refractivity contribution >= 4 is 22.5 Å². The molecule has 3 aromatic rings. The lowest BCUT2D eigenvalue weighted by Gasteiger charge is -2.35. The van der Waals surface area contributed by atoms with Gasteiger partial charge in [0.1, 0.15) is 6.61 Å². The Kier molecular flexibility index (Phi) is 9.31. The maximum atomic E-state index is 13.3. The van der Waals surface area contributed by atoms with Crippen molar-refractivity contribution in [1.82, 2.24) is 14.8 Å². The molecule has 0 spiro atoms. The number of aromatic nitrogens is 1. The molecule has 44 heavy (non-hydrogen) atoms. The quantitative estimate of drug-likeness (QED) is 0.316. The van der Waals surface area contributed by atoms with E-state index in [-0.39, 0.29) is 24.7 Å². The van der Waals surface area contributed by atoms with E-state index in [9.17, 15) is 31.1 Å². The van der Waals surface area contributed by atoms with Crippen molar-refractivity contribution in [3.8, 4) is 6.07 Å². The maximum Gasteiger partial charge on any atom is 0.417 e. The molecule has 1 saturated heterocycles. The summed E-state index contributed by atoms with van der Waals surface area (Å²) in [7, 11) is 0. The Morgan fingerprint density at radius 3 is 2.32 bits per heavy atom. The third-order valence-corrected chi connectivity index (χ3v) is 8.12. The number of halogens is 6. The van der Waals surface area contributed by atoms with Gasteiger partial charge in [-0.1, -0.05) is 6.07 Å². The van der Waals surface area contributed by atoms with Crippen LogP contribution in [0.1, 0.15) is 48.1 Å². The summed E-state index contributed by atoms with van der Waals surface area (Å²) in [5.74, 6) is -0.105. The highest BCUT2D eigenvalue weighted by Gasteiger charge is 2.34. The van der Waals surface area contributed by atoms with Gasteiger partial charge in [-0.15, -0.1) is 0 Å². The molecule has 1 aliphatic carbocycles. The van der Waals surface area contributed by atoms with Crippen molar-refractivity contribution in [2.45, 2.75) is 56.7 Å². The Morgan fingerprint density at radius 2 is 1.66 bits per heavy atom. The van der Waals surface area contributed by atoms with Crippen molar-refractivity contribution in [3.05, 3.63) is 70.9 Å². The first kappa shape index (κ1) is 31.5. The van der Waals surface area contributed by atoms with Crippen LogP contribution < -0.4 is 5.32 Å². The Balaban J connectivity index is 1.03. The van der Waals surface area contributed by atoms with Crippen molar-refractivity contribution in [2.75, 3.05) is 38.1 Å². The van der Waals surface area contributed by atoms with Crippen LogP contribution in [0.5, 0.6) is 0 Å². The minimum atomic E-state index is -4.61. The lowest BCUT2D eigenvalue weighted by molar-refractivity contribution is -0.141. The number of amides is 1. The molecule has 0 bridgehead atoms. The van der Waals surface area contributed by atoms with Gasteiger partial charge in [0.25, 0.3) is 0 Å². The number of pyridine rings is 1. The number of hydrogen-bond donors (Lipinski definition) is 1. The van der Waals surface area contributed by atoms with Crippen LogP contribution in [0.15, 0.2) is 48.5 Å². The van der Waals surface area contributed by atoms with E-state index in [0.717, 1.165) is 23.9 Å². The van der Waals surface area contributed by atoms with Crippen molar-refractivity contribution in [3.63, 3.8) is 0 Å². The van der Waals surface area contributed by atoms with Crippen molar-refractivity contribution in [1.29, 1.82) is 5.26 Å². The minimum Gasteiger partial charge on any atom is -0.382 e. The lowest BCUT2D eigenvalue weighted by Crippen LogP contribution is -2.49. The number of carbonyl (C=O) groups is 1. The van der Waals surface area contributed by atoms with Crippen LogP contribution in [-0.2, 0) is 28.4 Å². The van der Waals surface area contributed by atoms with E-state index in [2.05, 4.69) is 15.2 Å². The first-order valence-corrected chi connectivity index (χ1v) is 14.4. The molecule has 0 unspecified atom stereocenters. The first-order valence-electron chi connectivity index (χ1n) is 14.4. The molecule has 5 rings (SSSR count). The number of benzene rings is 2. The van der Waals surface area contributed by atoms with E-state index in [0.29, 0.717) is 75.0 Å². The van der Waals surface area contributed by atoms with Crippen LogP contribution in [0.2, 0.25) is 0 Å². The van der Waals surface area contributed by atoms with Gasteiger partial charge in [-0.3, -0.25) is 14.7 Å². The van der Waals surface area contributed by atoms with Crippen LogP contribution in [-0.4, -0.2) is 65.6 Å². The average Bonchev–Trinajstić information content (AvgIpc) is 2.99. The molecule has 1 aliphatic heterocycles. The smallest absolute Gasteiger partial charge is 0.382 e. The predicted octanol–water partition coefficient (Wildman–Crippen LogP) is 6.23. The van der Waals surface area contributed by atoms with E-state index >= 15 is 0 Å². The number of rotatable bonds is 7. The van der Waals surface area contributed by atoms with Gasteiger partial charge in [0.05, 0.1) is 40.1 Å². The number of anilines is 1. The number of nitrogens with zero attached hydrogens (tertiary/aromatic N) is 4. The number of hydrogen-bond acceptors (Lipinski definition) is 6. The Bertz CT molecular complexity index is 1520. The zero-order valence-corrected chi connectivity index (χ0v) is 23.7. The molecule has 2 aromatic carbocycles. The highest BCUT2D eigenvalue weighted by atomic mass is 19.4. The molecule has 2 heterocycles. The highest BCUT2D eigenvalue weighted by molar-refractivity contribution is 5.79. The topological polar surface area (TPSA) is 81.5 Å². The Labute approximate surface area is 250 Å². The summed E-state index contributed by atoms with van der Waals surface area (Å²) >= 11 is 0. The van der Waals surface area contributed by atoms with E-state index < -0.39 is 29.0 Å². The third kappa shape index (κ3) is 7.78. The lowest BCUT2D eigenvalue weighted by atomic mass is 9.92. The molecule has 1 aromatic heterocycles. The van der Waals surface area contributed by atoms with E-state index in [1.165, 1.54) is 18.2 Å². The third-order valence-electron chi connectivity index (χ3n) is 8.12. The van der Waals surface area contributed by atoms with Gasteiger partial charge in [-0.2, -0.15) is 31.6 Å². The Hall–Kier alpha value is -3.89. The molecule has 2 aliphatic rings. The fourth-order valence-electron chi connectivity index (χ4n) is 5.67. The Morgan fingerprint density at radius 1 is 0.932 bits per heavy atom. The fourth-order valence-corrected chi connectivity index (χ4v) is 5.67. The monoisotopic (exact) mass is 619 g/mol. The standard InChI is InChI=1S/C31H31F6N5O2/c32-30(33,34)22-3-10-28-20(15-22)1-5-25(40-28)18-41-11-13-42(14-12-41)29(43)19-44-26-8-6-23(7-9-26)39-24-4-2-21(17-38)27(16-24)31(35,36)37/h1-5,10,15-16,23,26,39H,6-9,11-14,18-19H2/t23-,26-. The summed E-state index contributed by atoms with van der Waals surface area (Å²) < 4.78 is 84.6. The summed E-state index contributed by atoms with van der Waals surface area (Å²) in [6.45, 7) is 2.77. The zero-order chi connectivity index (χ0) is 31.5. The molecule has 1 N–H and O–H groups in total. The highest BCUT2D eigenvalue weighted by Crippen LogP contribution is 2.35. The van der Waals surface area contributed by atoms with Gasteiger partial charge in [-0.25, -0.2) is 0 Å². The number of piperazine rings is 1. The second-order valence-electron chi connectivity index (χ2n) is 11.2. The summed E-state index contributed by atoms with van der Waals surface area (Å²) in [5.41, 5.74) is -0.536. The SMILES string of the molecule is N#Cc1ccc(N[C@H]2CC[C@H](OCC(=O)N3CCN(Cc4ccc5cc(C(F)(F)F)ccc5n4)CC3)CC2)cc1C(F)(F)F. The van der Waals surface area contributed by atoms with Crippen molar-refractivity contribution < 1.29 is 35.9 Å².